The molecule has 1 atom stereocenters. The van der Waals surface area contributed by atoms with E-state index in [0.29, 0.717) is 0 Å². The molecule has 1 amide bonds. The topological polar surface area (TPSA) is 42.2 Å². The van der Waals surface area contributed by atoms with Crippen LogP contribution >= 0.6 is 11.3 Å². The molecule has 3 nitrogen and oxygen atoms in total. The molecule has 0 aliphatic heterocycles. The van der Waals surface area contributed by atoms with Gasteiger partial charge in [-0.05, 0) is 49.9 Å². The maximum Gasteiger partial charge on any atom is 0.261 e. The number of hydrogen-bond acceptors (Lipinski definition) is 3. The smallest absolute Gasteiger partial charge is 0.261 e. The summed E-state index contributed by atoms with van der Waals surface area (Å²) in [5.41, 5.74) is 1.37. The van der Waals surface area contributed by atoms with E-state index >= 15 is 0 Å². The average molecular weight is 275 g/mol. The number of thiophene rings is 1. The van der Waals surface area contributed by atoms with Crippen molar-refractivity contribution in [3.05, 3.63) is 45.5 Å². The number of carbonyl (C=O) groups excluding carboxylic acids is 1. The molecule has 0 bridgehead atoms. The zero-order valence-corrected chi connectivity index (χ0v) is 11.8. The lowest BCUT2D eigenvalue weighted by Gasteiger charge is -2.11. The molecule has 0 spiro atoms. The van der Waals surface area contributed by atoms with E-state index in [1.807, 2.05) is 19.1 Å². The van der Waals surface area contributed by atoms with Crippen LogP contribution in [0.5, 0.6) is 0 Å². The Balaban J connectivity index is 1.61. The predicted octanol–water partition coefficient (Wildman–Crippen LogP) is 3.19. The summed E-state index contributed by atoms with van der Waals surface area (Å²) in [6, 6.07) is 5.94. The Morgan fingerprint density at radius 3 is 3.16 bits per heavy atom. The molecule has 2 heterocycles. The SMILES string of the molecule is C[C@@H](Cc1ccco1)NC(=O)c1cc2c(s1)CCC2. The molecule has 1 aliphatic rings. The number of carbonyl (C=O) groups is 1. The van der Waals surface area contributed by atoms with E-state index < -0.39 is 0 Å². The Hall–Kier alpha value is -1.55. The second kappa shape index (κ2) is 5.21. The third-order valence-corrected chi connectivity index (χ3v) is 4.67. The van der Waals surface area contributed by atoms with Crippen molar-refractivity contribution < 1.29 is 9.21 Å². The maximum atomic E-state index is 12.2. The minimum absolute atomic E-state index is 0.0402. The number of furan rings is 1. The largest absolute Gasteiger partial charge is 0.469 e. The summed E-state index contributed by atoms with van der Waals surface area (Å²) in [6.45, 7) is 2.00. The summed E-state index contributed by atoms with van der Waals surface area (Å²) in [6.07, 6.45) is 5.88. The van der Waals surface area contributed by atoms with Gasteiger partial charge in [-0.25, -0.2) is 0 Å². The molecule has 0 saturated carbocycles. The minimum Gasteiger partial charge on any atom is -0.469 e. The van der Waals surface area contributed by atoms with Crippen molar-refractivity contribution in [3.63, 3.8) is 0 Å². The standard InChI is InChI=1S/C15H17NO2S/c1-10(8-12-5-3-7-18-12)16-15(17)14-9-11-4-2-6-13(11)19-14/h3,5,7,9-10H,2,4,6,8H2,1H3,(H,16,17)/t10-/m0/s1. The van der Waals surface area contributed by atoms with Crippen molar-refractivity contribution in [1.29, 1.82) is 0 Å². The van der Waals surface area contributed by atoms with Crippen LogP contribution < -0.4 is 5.32 Å². The van der Waals surface area contributed by atoms with Gasteiger partial charge in [-0.1, -0.05) is 0 Å². The summed E-state index contributed by atoms with van der Waals surface area (Å²) in [5, 5.41) is 3.03. The lowest BCUT2D eigenvalue weighted by Crippen LogP contribution is -2.33. The molecule has 0 radical (unpaired) electrons. The summed E-state index contributed by atoms with van der Waals surface area (Å²) in [7, 11) is 0. The van der Waals surface area contributed by atoms with Gasteiger partial charge in [-0.2, -0.15) is 0 Å². The zero-order chi connectivity index (χ0) is 13.2. The Morgan fingerprint density at radius 2 is 2.42 bits per heavy atom. The highest BCUT2D eigenvalue weighted by atomic mass is 32.1. The van der Waals surface area contributed by atoms with Gasteiger partial charge in [0.25, 0.3) is 5.91 Å². The molecule has 2 aromatic rings. The molecule has 0 saturated heterocycles. The van der Waals surface area contributed by atoms with Gasteiger partial charge in [0.1, 0.15) is 5.76 Å². The van der Waals surface area contributed by atoms with Gasteiger partial charge in [0.05, 0.1) is 11.1 Å². The average Bonchev–Trinajstić information content (AvgIpc) is 3.02. The molecule has 1 N–H and O–H groups in total. The van der Waals surface area contributed by atoms with E-state index in [9.17, 15) is 4.79 Å². The first-order chi connectivity index (χ1) is 9.22. The van der Waals surface area contributed by atoms with E-state index in [-0.39, 0.29) is 11.9 Å². The molecule has 2 aromatic heterocycles. The lowest BCUT2D eigenvalue weighted by molar-refractivity contribution is 0.0943. The Bertz CT molecular complexity index is 549. The van der Waals surface area contributed by atoms with E-state index in [2.05, 4.69) is 11.4 Å². The van der Waals surface area contributed by atoms with Crippen LogP contribution in [0.2, 0.25) is 0 Å². The van der Waals surface area contributed by atoms with Crippen LogP contribution in [0.4, 0.5) is 0 Å². The highest BCUT2D eigenvalue weighted by Gasteiger charge is 2.19. The predicted molar refractivity (Wildman–Crippen MR) is 75.7 cm³/mol. The third-order valence-electron chi connectivity index (χ3n) is 3.44. The highest BCUT2D eigenvalue weighted by molar-refractivity contribution is 7.14. The molecule has 4 heteroatoms. The third kappa shape index (κ3) is 2.73. The van der Waals surface area contributed by atoms with E-state index in [0.717, 1.165) is 29.9 Å². The molecule has 1 aliphatic carbocycles. The Labute approximate surface area is 116 Å². The molecule has 100 valence electrons. The molecule has 19 heavy (non-hydrogen) atoms. The highest BCUT2D eigenvalue weighted by Crippen LogP contribution is 2.30. The monoisotopic (exact) mass is 275 g/mol. The van der Waals surface area contributed by atoms with Crippen molar-refractivity contribution in [2.24, 2.45) is 0 Å². The number of aryl methyl sites for hydroxylation is 2. The molecule has 0 fully saturated rings. The van der Waals surface area contributed by atoms with Gasteiger partial charge in [0.15, 0.2) is 0 Å². The summed E-state index contributed by atoms with van der Waals surface area (Å²) >= 11 is 1.64. The van der Waals surface area contributed by atoms with Crippen molar-refractivity contribution in [2.75, 3.05) is 0 Å². The number of fused-ring (bicyclic) bond motifs is 1. The van der Waals surface area contributed by atoms with Crippen molar-refractivity contribution in [1.82, 2.24) is 5.32 Å². The minimum atomic E-state index is 0.0402. The Kier molecular flexibility index (Phi) is 3.42. The van der Waals surface area contributed by atoms with E-state index in [1.54, 1.807) is 17.6 Å². The van der Waals surface area contributed by atoms with Crippen LogP contribution in [0.3, 0.4) is 0 Å². The molecular formula is C15H17NO2S. The van der Waals surface area contributed by atoms with Crippen LogP contribution in [-0.2, 0) is 19.3 Å². The molecule has 3 rings (SSSR count). The van der Waals surface area contributed by atoms with Crippen LogP contribution in [-0.4, -0.2) is 11.9 Å². The van der Waals surface area contributed by atoms with Crippen LogP contribution in [0.15, 0.2) is 28.9 Å². The van der Waals surface area contributed by atoms with Gasteiger partial charge >= 0.3 is 0 Å². The summed E-state index contributed by atoms with van der Waals surface area (Å²) in [5.74, 6) is 0.944. The molecule has 0 aromatic carbocycles. The van der Waals surface area contributed by atoms with Gasteiger partial charge in [0.2, 0.25) is 0 Å². The van der Waals surface area contributed by atoms with Crippen molar-refractivity contribution in [3.8, 4) is 0 Å². The van der Waals surface area contributed by atoms with Crippen LogP contribution in [0.1, 0.15) is 39.2 Å². The quantitative estimate of drug-likeness (QED) is 0.931. The fourth-order valence-electron chi connectivity index (χ4n) is 2.52. The normalized spacial score (nSPS) is 15.2. The van der Waals surface area contributed by atoms with Gasteiger partial charge < -0.3 is 9.73 Å². The second-order valence-electron chi connectivity index (χ2n) is 5.07. The fraction of sp³-hybridized carbons (Fsp3) is 0.400. The zero-order valence-electron chi connectivity index (χ0n) is 10.9. The molecule has 0 unspecified atom stereocenters. The van der Waals surface area contributed by atoms with Crippen LogP contribution in [0.25, 0.3) is 0 Å². The number of nitrogens with one attached hydrogen (secondary N) is 1. The van der Waals surface area contributed by atoms with E-state index in [1.165, 1.54) is 16.9 Å². The second-order valence-corrected chi connectivity index (χ2v) is 6.21. The Morgan fingerprint density at radius 1 is 1.53 bits per heavy atom. The first-order valence-electron chi connectivity index (χ1n) is 6.67. The first kappa shape index (κ1) is 12.5. The van der Waals surface area contributed by atoms with E-state index in [4.69, 9.17) is 4.42 Å². The van der Waals surface area contributed by atoms with Crippen molar-refractivity contribution >= 4 is 17.2 Å². The van der Waals surface area contributed by atoms with Crippen molar-refractivity contribution in [2.45, 2.75) is 38.6 Å². The van der Waals surface area contributed by atoms with Gasteiger partial charge in [-0.15, -0.1) is 11.3 Å². The van der Waals surface area contributed by atoms with Gasteiger partial charge in [-0.3, -0.25) is 4.79 Å². The molecular weight excluding hydrogens is 258 g/mol. The summed E-state index contributed by atoms with van der Waals surface area (Å²) < 4.78 is 5.29. The first-order valence-corrected chi connectivity index (χ1v) is 7.49. The van der Waals surface area contributed by atoms with Gasteiger partial charge in [0, 0.05) is 17.3 Å². The number of hydrogen-bond donors (Lipinski definition) is 1. The maximum absolute atomic E-state index is 12.2. The van der Waals surface area contributed by atoms with Crippen LogP contribution in [0, 0.1) is 0 Å². The lowest BCUT2D eigenvalue weighted by atomic mass is 10.2. The summed E-state index contributed by atoms with van der Waals surface area (Å²) in [4.78, 5) is 14.4. The number of amides is 1. The number of rotatable bonds is 4. The fourth-order valence-corrected chi connectivity index (χ4v) is 3.67.